The van der Waals surface area contributed by atoms with Gasteiger partial charge in [-0.2, -0.15) is 0 Å². The van der Waals surface area contributed by atoms with Crippen molar-refractivity contribution < 1.29 is 8.78 Å². The summed E-state index contributed by atoms with van der Waals surface area (Å²) in [5.74, 6) is 4.02. The molecule has 1 saturated heterocycles. The minimum absolute atomic E-state index is 0.175. The average Bonchev–Trinajstić information content (AvgIpc) is 2.91. The van der Waals surface area contributed by atoms with Gasteiger partial charge in [-0.25, -0.2) is 18.7 Å². The van der Waals surface area contributed by atoms with Gasteiger partial charge in [0, 0.05) is 43.7 Å². The molecule has 1 fully saturated rings. The van der Waals surface area contributed by atoms with Gasteiger partial charge in [0.15, 0.2) is 0 Å². The monoisotopic (exact) mass is 392 g/mol. The fraction of sp³-hybridized carbons (Fsp3) is 0.318. The molecule has 1 atom stereocenters. The van der Waals surface area contributed by atoms with Crippen molar-refractivity contribution in [1.82, 2.24) is 19.4 Å². The zero-order chi connectivity index (χ0) is 20.0. The van der Waals surface area contributed by atoms with Crippen LogP contribution in [0.2, 0.25) is 0 Å². The standard InChI is InChI=1S/C22H18F2N4O/c23-22(24)12-17-13-28-20(8-10-27(17)14-22)26-19-11-15(5-7-18(19)21(28)29)4-6-16-3-1-2-9-25-16/h1-3,5,7,9,11,17H,8,10,12-14H2. The molecule has 3 aromatic rings. The third kappa shape index (κ3) is 3.40. The van der Waals surface area contributed by atoms with E-state index in [4.69, 9.17) is 0 Å². The second-order valence-electron chi connectivity index (χ2n) is 7.58. The highest BCUT2D eigenvalue weighted by atomic mass is 19.3. The van der Waals surface area contributed by atoms with Crippen molar-refractivity contribution in [2.45, 2.75) is 31.4 Å². The highest BCUT2D eigenvalue weighted by molar-refractivity contribution is 5.79. The molecule has 2 aromatic heterocycles. The second kappa shape index (κ2) is 6.75. The predicted octanol–water partition coefficient (Wildman–Crippen LogP) is 2.46. The zero-order valence-corrected chi connectivity index (χ0v) is 15.6. The number of fused-ring (bicyclic) bond motifs is 3. The quantitative estimate of drug-likeness (QED) is 0.552. The van der Waals surface area contributed by atoms with Crippen molar-refractivity contribution in [3.63, 3.8) is 0 Å². The van der Waals surface area contributed by atoms with Crippen LogP contribution in [0, 0.1) is 11.8 Å². The maximum atomic E-state index is 13.8. The van der Waals surface area contributed by atoms with Crippen LogP contribution in [0.3, 0.4) is 0 Å². The summed E-state index contributed by atoms with van der Waals surface area (Å²) >= 11 is 0. The summed E-state index contributed by atoms with van der Waals surface area (Å²) in [6.07, 6.45) is 1.95. The van der Waals surface area contributed by atoms with Crippen LogP contribution in [0.4, 0.5) is 8.78 Å². The van der Waals surface area contributed by atoms with Crippen LogP contribution < -0.4 is 5.56 Å². The number of pyridine rings is 1. The van der Waals surface area contributed by atoms with E-state index < -0.39 is 5.92 Å². The fourth-order valence-corrected chi connectivity index (χ4v) is 4.16. The highest BCUT2D eigenvalue weighted by Crippen LogP contribution is 2.33. The first kappa shape index (κ1) is 18.0. The Kier molecular flexibility index (Phi) is 4.18. The molecule has 146 valence electrons. The predicted molar refractivity (Wildman–Crippen MR) is 105 cm³/mol. The highest BCUT2D eigenvalue weighted by Gasteiger charge is 2.45. The molecule has 1 unspecified atom stereocenters. The van der Waals surface area contributed by atoms with Crippen molar-refractivity contribution in [3.8, 4) is 11.8 Å². The van der Waals surface area contributed by atoms with Crippen molar-refractivity contribution in [3.05, 3.63) is 70.0 Å². The molecular weight excluding hydrogens is 374 g/mol. The van der Waals surface area contributed by atoms with Gasteiger partial charge >= 0.3 is 0 Å². The van der Waals surface area contributed by atoms with Gasteiger partial charge in [0.2, 0.25) is 0 Å². The van der Waals surface area contributed by atoms with E-state index in [0.717, 1.165) is 5.56 Å². The Morgan fingerprint density at radius 1 is 1.17 bits per heavy atom. The largest absolute Gasteiger partial charge is 0.294 e. The number of hydrogen-bond acceptors (Lipinski definition) is 4. The van der Waals surface area contributed by atoms with Gasteiger partial charge < -0.3 is 0 Å². The molecule has 4 heterocycles. The summed E-state index contributed by atoms with van der Waals surface area (Å²) in [6, 6.07) is 10.5. The molecule has 2 aliphatic rings. The van der Waals surface area contributed by atoms with Gasteiger partial charge in [0.25, 0.3) is 11.5 Å². The molecule has 0 aliphatic carbocycles. The molecule has 0 radical (unpaired) electrons. The van der Waals surface area contributed by atoms with E-state index in [2.05, 4.69) is 21.8 Å². The Hall–Kier alpha value is -3.11. The summed E-state index contributed by atoms with van der Waals surface area (Å²) in [5, 5.41) is 0.482. The fourth-order valence-electron chi connectivity index (χ4n) is 4.16. The number of aromatic nitrogens is 3. The SMILES string of the molecule is O=c1c2ccc(C#Cc3ccccn3)cc2nc2n1CC1CC(F)(F)CN1CC2. The van der Waals surface area contributed by atoms with Crippen LogP contribution in [0.5, 0.6) is 0 Å². The Balaban J connectivity index is 1.52. The zero-order valence-electron chi connectivity index (χ0n) is 15.6. The second-order valence-corrected chi connectivity index (χ2v) is 7.58. The van der Waals surface area contributed by atoms with Crippen LogP contribution >= 0.6 is 0 Å². The first-order valence-electron chi connectivity index (χ1n) is 9.57. The number of halogens is 2. The summed E-state index contributed by atoms with van der Waals surface area (Å²) in [6.45, 7) is 0.499. The van der Waals surface area contributed by atoms with Gasteiger partial charge in [0.05, 0.1) is 17.4 Å². The molecule has 0 spiro atoms. The number of rotatable bonds is 0. The van der Waals surface area contributed by atoms with Crippen molar-refractivity contribution in [2.24, 2.45) is 0 Å². The minimum Gasteiger partial charge on any atom is -0.294 e. The molecule has 0 bridgehead atoms. The lowest BCUT2D eigenvalue weighted by Gasteiger charge is -2.19. The smallest absolute Gasteiger partial charge is 0.262 e. The maximum absolute atomic E-state index is 13.8. The van der Waals surface area contributed by atoms with Crippen LogP contribution in [0.15, 0.2) is 47.4 Å². The Labute approximate surface area is 166 Å². The normalized spacial score (nSPS) is 20.4. The van der Waals surface area contributed by atoms with E-state index in [1.807, 2.05) is 18.2 Å². The van der Waals surface area contributed by atoms with Gasteiger partial charge in [-0.05, 0) is 36.3 Å². The average molecular weight is 392 g/mol. The maximum Gasteiger partial charge on any atom is 0.262 e. The Morgan fingerprint density at radius 2 is 2.07 bits per heavy atom. The molecule has 5 nitrogen and oxygen atoms in total. The van der Waals surface area contributed by atoms with Gasteiger partial charge in [-0.1, -0.05) is 12.0 Å². The first-order valence-corrected chi connectivity index (χ1v) is 9.57. The molecule has 5 rings (SSSR count). The summed E-state index contributed by atoms with van der Waals surface area (Å²) in [5.41, 5.74) is 1.82. The van der Waals surface area contributed by atoms with Gasteiger partial charge in [0.1, 0.15) is 11.5 Å². The topological polar surface area (TPSA) is 51.0 Å². The number of alkyl halides is 2. The van der Waals surface area contributed by atoms with E-state index in [1.165, 1.54) is 0 Å². The first-order chi connectivity index (χ1) is 14.0. The van der Waals surface area contributed by atoms with E-state index >= 15 is 0 Å². The Bertz CT molecular complexity index is 1210. The summed E-state index contributed by atoms with van der Waals surface area (Å²) in [4.78, 5) is 23.7. The number of nitrogens with zero attached hydrogens (tertiary/aromatic N) is 4. The third-order valence-electron chi connectivity index (χ3n) is 5.54. The van der Waals surface area contributed by atoms with Crippen LogP contribution in [0.1, 0.15) is 23.5 Å². The number of hydrogen-bond donors (Lipinski definition) is 0. The molecule has 0 amide bonds. The lowest BCUT2D eigenvalue weighted by atomic mass is 10.1. The van der Waals surface area contributed by atoms with Crippen LogP contribution in [-0.4, -0.2) is 44.5 Å². The molecule has 7 heteroatoms. The van der Waals surface area contributed by atoms with E-state index in [0.29, 0.717) is 35.4 Å². The summed E-state index contributed by atoms with van der Waals surface area (Å²) in [7, 11) is 0. The summed E-state index contributed by atoms with van der Waals surface area (Å²) < 4.78 is 29.1. The molecule has 1 aromatic carbocycles. The van der Waals surface area contributed by atoms with Gasteiger partial charge in [-0.3, -0.25) is 14.3 Å². The third-order valence-corrected chi connectivity index (χ3v) is 5.54. The lowest BCUT2D eigenvalue weighted by molar-refractivity contribution is 0.0118. The Morgan fingerprint density at radius 3 is 2.90 bits per heavy atom. The van der Waals surface area contributed by atoms with Crippen LogP contribution in [0.25, 0.3) is 10.9 Å². The van der Waals surface area contributed by atoms with Crippen LogP contribution in [-0.2, 0) is 13.0 Å². The van der Waals surface area contributed by atoms with E-state index in [-0.39, 0.29) is 31.1 Å². The molecular formula is C22H18F2N4O. The molecule has 0 saturated carbocycles. The van der Waals surface area contributed by atoms with E-state index in [1.54, 1.807) is 33.9 Å². The lowest BCUT2D eigenvalue weighted by Crippen LogP contribution is -2.34. The van der Waals surface area contributed by atoms with Crippen molar-refractivity contribution in [2.75, 3.05) is 13.1 Å². The van der Waals surface area contributed by atoms with Gasteiger partial charge in [-0.15, -0.1) is 0 Å². The van der Waals surface area contributed by atoms with E-state index in [9.17, 15) is 13.6 Å². The number of benzene rings is 1. The van der Waals surface area contributed by atoms with Crippen molar-refractivity contribution in [1.29, 1.82) is 0 Å². The minimum atomic E-state index is -2.68. The molecule has 29 heavy (non-hydrogen) atoms. The molecule has 2 aliphatic heterocycles. The van der Waals surface area contributed by atoms with Crippen molar-refractivity contribution >= 4 is 10.9 Å². The molecule has 0 N–H and O–H groups in total.